The third kappa shape index (κ3) is 5.54. The van der Waals surface area contributed by atoms with Gasteiger partial charge < -0.3 is 5.32 Å². The molecule has 156 valence electrons. The number of nitro benzene ring substituents is 1. The van der Waals surface area contributed by atoms with Crippen molar-refractivity contribution in [3.63, 3.8) is 0 Å². The Kier molecular flexibility index (Phi) is 6.97. The van der Waals surface area contributed by atoms with Crippen molar-refractivity contribution in [1.82, 2.24) is 5.32 Å². The number of aryl methyl sites for hydroxylation is 1. The smallest absolute Gasteiger partial charge is 0.271 e. The highest BCUT2D eigenvalue weighted by atomic mass is 32.2. The third-order valence-corrected chi connectivity index (χ3v) is 5.83. The summed E-state index contributed by atoms with van der Waals surface area (Å²) in [7, 11) is -3.87. The molecule has 1 amide bonds. The Labute approximate surface area is 170 Å². The van der Waals surface area contributed by atoms with Crippen molar-refractivity contribution in [3.05, 3.63) is 69.8 Å². The molecule has 0 saturated carbocycles. The molecule has 0 spiro atoms. The van der Waals surface area contributed by atoms with Gasteiger partial charge in [-0.15, -0.1) is 0 Å². The Morgan fingerprint density at radius 1 is 1.21 bits per heavy atom. The number of sulfonamides is 1. The molecule has 2 rings (SSSR count). The molecule has 0 aliphatic heterocycles. The lowest BCUT2D eigenvalue weighted by atomic mass is 10.0. The minimum atomic E-state index is -3.87. The Balaban J connectivity index is 2.32. The molecular formula is C20H25N3O5S. The number of nitro groups is 1. The van der Waals surface area contributed by atoms with E-state index in [0.29, 0.717) is 6.42 Å². The monoisotopic (exact) mass is 419 g/mol. The number of benzene rings is 2. The van der Waals surface area contributed by atoms with Crippen LogP contribution in [-0.2, 0) is 14.8 Å². The molecule has 0 aliphatic carbocycles. The van der Waals surface area contributed by atoms with Crippen LogP contribution in [0.1, 0.15) is 37.4 Å². The summed E-state index contributed by atoms with van der Waals surface area (Å²) in [5.74, 6) is -0.491. The number of hydrogen-bond acceptors (Lipinski definition) is 5. The van der Waals surface area contributed by atoms with Crippen molar-refractivity contribution in [2.24, 2.45) is 0 Å². The molecule has 2 atom stereocenters. The van der Waals surface area contributed by atoms with E-state index in [1.165, 1.54) is 25.1 Å². The number of carbonyl (C=O) groups excluding carboxylic acids is 1. The zero-order chi connectivity index (χ0) is 21.8. The SMILES string of the molecule is CC[C@@H](NC(=O)[C@H](C)N(c1cccc([N+](=O)[O-])c1)S(C)(=O)=O)c1ccc(C)cc1. The van der Waals surface area contributed by atoms with Gasteiger partial charge >= 0.3 is 0 Å². The highest BCUT2D eigenvalue weighted by Crippen LogP contribution is 2.26. The summed E-state index contributed by atoms with van der Waals surface area (Å²) >= 11 is 0. The van der Waals surface area contributed by atoms with Crippen molar-refractivity contribution >= 4 is 27.3 Å². The second-order valence-electron chi connectivity index (χ2n) is 6.89. The number of nitrogens with one attached hydrogen (secondary N) is 1. The molecule has 1 N–H and O–H groups in total. The summed E-state index contributed by atoms with van der Waals surface area (Å²) in [5, 5.41) is 13.9. The zero-order valence-corrected chi connectivity index (χ0v) is 17.6. The average molecular weight is 420 g/mol. The Morgan fingerprint density at radius 2 is 1.83 bits per heavy atom. The van der Waals surface area contributed by atoms with Crippen LogP contribution in [-0.4, -0.2) is 31.5 Å². The van der Waals surface area contributed by atoms with E-state index in [2.05, 4.69) is 5.32 Å². The molecule has 0 heterocycles. The molecule has 0 fully saturated rings. The molecule has 2 aromatic carbocycles. The summed E-state index contributed by atoms with van der Waals surface area (Å²) in [6.07, 6.45) is 1.59. The van der Waals surface area contributed by atoms with Crippen LogP contribution >= 0.6 is 0 Å². The van der Waals surface area contributed by atoms with E-state index in [4.69, 9.17) is 0 Å². The van der Waals surface area contributed by atoms with Gasteiger partial charge in [0.25, 0.3) is 5.69 Å². The first-order chi connectivity index (χ1) is 13.5. The summed E-state index contributed by atoms with van der Waals surface area (Å²) in [6.45, 7) is 5.34. The van der Waals surface area contributed by atoms with Gasteiger partial charge in [0.2, 0.25) is 15.9 Å². The fourth-order valence-corrected chi connectivity index (χ4v) is 4.23. The Hall–Kier alpha value is -2.94. The van der Waals surface area contributed by atoms with E-state index in [1.807, 2.05) is 38.1 Å². The van der Waals surface area contributed by atoms with Gasteiger partial charge in [0, 0.05) is 12.1 Å². The fraction of sp³-hybridized carbons (Fsp3) is 0.350. The average Bonchev–Trinajstić information content (AvgIpc) is 2.66. The summed E-state index contributed by atoms with van der Waals surface area (Å²) < 4.78 is 25.7. The molecule has 9 heteroatoms. The van der Waals surface area contributed by atoms with E-state index < -0.39 is 26.9 Å². The Bertz CT molecular complexity index is 989. The highest BCUT2D eigenvalue weighted by molar-refractivity contribution is 7.92. The minimum Gasteiger partial charge on any atom is -0.347 e. The molecule has 2 aromatic rings. The standard InChI is InChI=1S/C20H25N3O5S/c1-5-19(16-11-9-14(2)10-12-16)21-20(24)15(3)22(29(4,27)28)17-7-6-8-18(13-17)23(25)26/h6-13,15,19H,5H2,1-4H3,(H,21,24)/t15-,19+/m0/s1. The number of carbonyl (C=O) groups is 1. The van der Waals surface area contributed by atoms with Gasteiger partial charge in [-0.05, 0) is 31.9 Å². The van der Waals surface area contributed by atoms with Gasteiger partial charge in [-0.2, -0.15) is 0 Å². The van der Waals surface area contributed by atoms with Crippen LogP contribution in [0, 0.1) is 17.0 Å². The number of anilines is 1. The molecule has 8 nitrogen and oxygen atoms in total. The Morgan fingerprint density at radius 3 is 2.34 bits per heavy atom. The summed E-state index contributed by atoms with van der Waals surface area (Å²) in [6, 6.07) is 11.6. The first-order valence-electron chi connectivity index (χ1n) is 9.15. The van der Waals surface area contributed by atoms with E-state index in [0.717, 1.165) is 27.8 Å². The highest BCUT2D eigenvalue weighted by Gasteiger charge is 2.31. The molecule has 0 radical (unpaired) electrons. The summed E-state index contributed by atoms with van der Waals surface area (Å²) in [5.41, 5.74) is 1.82. The van der Waals surface area contributed by atoms with Crippen LogP contribution in [0.4, 0.5) is 11.4 Å². The second kappa shape index (κ2) is 9.04. The van der Waals surface area contributed by atoms with Crippen LogP contribution in [0.5, 0.6) is 0 Å². The van der Waals surface area contributed by atoms with Gasteiger partial charge in [-0.1, -0.05) is 42.8 Å². The first-order valence-corrected chi connectivity index (χ1v) is 11.0. The zero-order valence-electron chi connectivity index (χ0n) is 16.8. The number of nitrogens with zero attached hydrogens (tertiary/aromatic N) is 2. The van der Waals surface area contributed by atoms with Crippen LogP contribution in [0.25, 0.3) is 0 Å². The van der Waals surface area contributed by atoms with Gasteiger partial charge in [-0.25, -0.2) is 8.42 Å². The van der Waals surface area contributed by atoms with Gasteiger partial charge in [-0.3, -0.25) is 19.2 Å². The summed E-state index contributed by atoms with van der Waals surface area (Å²) in [4.78, 5) is 23.3. The first kappa shape index (κ1) is 22.4. The topological polar surface area (TPSA) is 110 Å². The maximum absolute atomic E-state index is 12.9. The van der Waals surface area contributed by atoms with Crippen LogP contribution in [0.2, 0.25) is 0 Å². The number of non-ortho nitro benzene ring substituents is 1. The van der Waals surface area contributed by atoms with Gasteiger partial charge in [0.05, 0.1) is 22.9 Å². The second-order valence-corrected chi connectivity index (χ2v) is 8.75. The number of amides is 1. The quantitative estimate of drug-likeness (QED) is 0.521. The van der Waals surface area contributed by atoms with E-state index in [9.17, 15) is 23.3 Å². The predicted octanol–water partition coefficient (Wildman–Crippen LogP) is 3.33. The van der Waals surface area contributed by atoms with Crippen molar-refractivity contribution in [2.45, 2.75) is 39.3 Å². The van der Waals surface area contributed by atoms with Crippen molar-refractivity contribution in [3.8, 4) is 0 Å². The molecular weight excluding hydrogens is 394 g/mol. The van der Waals surface area contributed by atoms with Crippen molar-refractivity contribution in [1.29, 1.82) is 0 Å². The fourth-order valence-electron chi connectivity index (χ4n) is 3.06. The van der Waals surface area contributed by atoms with Crippen molar-refractivity contribution in [2.75, 3.05) is 10.6 Å². The molecule has 0 aromatic heterocycles. The number of rotatable bonds is 8. The molecule has 29 heavy (non-hydrogen) atoms. The van der Waals surface area contributed by atoms with E-state index >= 15 is 0 Å². The maximum atomic E-state index is 12.9. The number of hydrogen-bond donors (Lipinski definition) is 1. The molecule has 0 unspecified atom stereocenters. The lowest BCUT2D eigenvalue weighted by Crippen LogP contribution is -2.48. The molecule has 0 saturated heterocycles. The lowest BCUT2D eigenvalue weighted by Gasteiger charge is -2.29. The van der Waals surface area contributed by atoms with Crippen LogP contribution < -0.4 is 9.62 Å². The maximum Gasteiger partial charge on any atom is 0.271 e. The van der Waals surface area contributed by atoms with Crippen molar-refractivity contribution < 1.29 is 18.1 Å². The van der Waals surface area contributed by atoms with Gasteiger partial charge in [0.15, 0.2) is 0 Å². The third-order valence-electron chi connectivity index (χ3n) is 4.59. The van der Waals surface area contributed by atoms with Crippen LogP contribution in [0.3, 0.4) is 0 Å². The normalized spacial score (nSPS) is 13.4. The predicted molar refractivity (Wildman–Crippen MR) is 112 cm³/mol. The lowest BCUT2D eigenvalue weighted by molar-refractivity contribution is -0.384. The largest absolute Gasteiger partial charge is 0.347 e. The van der Waals surface area contributed by atoms with E-state index in [-0.39, 0.29) is 17.4 Å². The molecule has 0 aliphatic rings. The minimum absolute atomic E-state index is 0.0627. The van der Waals surface area contributed by atoms with E-state index in [1.54, 1.807) is 0 Å². The van der Waals surface area contributed by atoms with Gasteiger partial charge in [0.1, 0.15) is 6.04 Å². The molecule has 0 bridgehead atoms. The van der Waals surface area contributed by atoms with Crippen LogP contribution in [0.15, 0.2) is 48.5 Å².